The van der Waals surface area contributed by atoms with E-state index >= 15 is 0 Å². The van der Waals surface area contributed by atoms with Crippen LogP contribution in [0, 0.1) is 5.41 Å². The number of carboxylic acid groups (broad SMARTS) is 1. The molecular formula is C18H39N2O5S+. The number of carbonyl (C=O) groups is 1. The molecule has 0 spiro atoms. The fraction of sp³-hybridized carbons (Fsp3) is 0.944. The van der Waals surface area contributed by atoms with Crippen LogP contribution in [0.4, 0.5) is 0 Å². The van der Waals surface area contributed by atoms with Crippen LogP contribution in [0.2, 0.25) is 0 Å². The fourth-order valence-corrected chi connectivity index (χ4v) is 5.38. The largest absolute Gasteiger partial charge is 0.477 e. The van der Waals surface area contributed by atoms with E-state index < -0.39 is 32.4 Å². The van der Waals surface area contributed by atoms with Crippen molar-refractivity contribution >= 4 is 16.1 Å². The molecule has 26 heavy (non-hydrogen) atoms. The third kappa shape index (κ3) is 6.18. The van der Waals surface area contributed by atoms with Gasteiger partial charge in [0.2, 0.25) is 10.9 Å². The Bertz CT molecular complexity index is 549. The number of hydrogen-bond acceptors (Lipinski definition) is 4. The molecule has 0 aromatic rings. The maximum Gasteiger partial charge on any atom is 0.365 e. The van der Waals surface area contributed by atoms with Crippen LogP contribution >= 0.6 is 0 Å². The van der Waals surface area contributed by atoms with E-state index in [0.717, 1.165) is 32.1 Å². The Hall–Kier alpha value is -0.700. The number of likely N-dealkylation sites (N-methyl/N-ethyl adjacent to an activating group) is 1. The first-order valence-electron chi connectivity index (χ1n) is 9.39. The zero-order chi connectivity index (χ0) is 20.8. The molecule has 2 atom stereocenters. The number of nitrogens with zero attached hydrogens (tertiary/aromatic N) is 1. The standard InChI is InChI=1S/C18H38N2O5S/c1-8-9-10-11-12-13-14-19-18(17(2,3)4,26(23,24)25)15(16(21)22)20(5,6)7/h15,19H,8-14H2,1-7H3,(H-,21,22,23,24,25)/p+1. The number of nitrogens with one attached hydrogen (secondary N) is 1. The minimum absolute atomic E-state index is 0.143. The Kier molecular flexibility index (Phi) is 9.23. The van der Waals surface area contributed by atoms with Crippen LogP contribution in [0.5, 0.6) is 0 Å². The second-order valence-corrected chi connectivity index (χ2v) is 10.6. The lowest BCUT2D eigenvalue weighted by Crippen LogP contribution is -2.76. The zero-order valence-electron chi connectivity index (χ0n) is 17.5. The third-order valence-electron chi connectivity index (χ3n) is 4.83. The third-order valence-corrected chi connectivity index (χ3v) is 6.63. The summed E-state index contributed by atoms with van der Waals surface area (Å²) in [6.45, 7) is 7.39. The smallest absolute Gasteiger partial charge is 0.365 e. The van der Waals surface area contributed by atoms with Crippen LogP contribution in [0.3, 0.4) is 0 Å². The molecule has 0 heterocycles. The van der Waals surface area contributed by atoms with Gasteiger partial charge in [0, 0.05) is 5.41 Å². The van der Waals surface area contributed by atoms with Gasteiger partial charge in [-0.25, -0.2) is 4.79 Å². The number of quaternary nitrogens is 1. The van der Waals surface area contributed by atoms with Gasteiger partial charge >= 0.3 is 5.97 Å². The molecule has 0 saturated carbocycles. The number of rotatable bonds is 12. The highest BCUT2D eigenvalue weighted by atomic mass is 32.2. The van der Waals surface area contributed by atoms with E-state index in [-0.39, 0.29) is 4.48 Å². The average molecular weight is 396 g/mol. The van der Waals surface area contributed by atoms with E-state index in [1.165, 1.54) is 6.42 Å². The minimum Gasteiger partial charge on any atom is -0.477 e. The van der Waals surface area contributed by atoms with Gasteiger partial charge in [-0.3, -0.25) is 9.87 Å². The lowest BCUT2D eigenvalue weighted by molar-refractivity contribution is -0.891. The van der Waals surface area contributed by atoms with E-state index in [4.69, 9.17) is 0 Å². The molecule has 0 aliphatic rings. The van der Waals surface area contributed by atoms with Gasteiger partial charge in [0.1, 0.15) is 0 Å². The van der Waals surface area contributed by atoms with E-state index in [1.807, 2.05) is 0 Å². The molecule has 0 saturated heterocycles. The van der Waals surface area contributed by atoms with Crippen molar-refractivity contribution in [2.45, 2.75) is 77.1 Å². The monoisotopic (exact) mass is 395 g/mol. The van der Waals surface area contributed by atoms with Crippen molar-refractivity contribution in [3.05, 3.63) is 0 Å². The van der Waals surface area contributed by atoms with Crippen molar-refractivity contribution in [3.8, 4) is 0 Å². The highest BCUT2D eigenvalue weighted by Crippen LogP contribution is 2.41. The summed E-state index contributed by atoms with van der Waals surface area (Å²) in [5, 5.41) is 12.8. The van der Waals surface area contributed by atoms with Gasteiger partial charge < -0.3 is 9.59 Å². The highest BCUT2D eigenvalue weighted by Gasteiger charge is 2.65. The first kappa shape index (κ1) is 25.3. The molecule has 2 unspecified atom stereocenters. The molecule has 3 N–H and O–H groups in total. The Morgan fingerprint density at radius 1 is 1.04 bits per heavy atom. The molecule has 0 radical (unpaired) electrons. The maximum absolute atomic E-state index is 12.5. The Morgan fingerprint density at radius 3 is 1.85 bits per heavy atom. The van der Waals surface area contributed by atoms with Gasteiger partial charge in [-0.05, 0) is 13.0 Å². The van der Waals surface area contributed by atoms with Gasteiger partial charge in [0.25, 0.3) is 10.1 Å². The van der Waals surface area contributed by atoms with Crippen LogP contribution in [0.1, 0.15) is 66.2 Å². The molecule has 0 aromatic heterocycles. The molecule has 0 bridgehead atoms. The summed E-state index contributed by atoms with van der Waals surface area (Å²) in [6, 6.07) is -1.38. The Morgan fingerprint density at radius 2 is 1.50 bits per heavy atom. The predicted molar refractivity (Wildman–Crippen MR) is 105 cm³/mol. The summed E-state index contributed by atoms with van der Waals surface area (Å²) in [5.41, 5.74) is -1.04. The van der Waals surface area contributed by atoms with Gasteiger partial charge in [-0.2, -0.15) is 8.42 Å². The lowest BCUT2D eigenvalue weighted by atomic mass is 9.80. The number of hydrogen-bond donors (Lipinski definition) is 3. The second kappa shape index (κ2) is 9.48. The summed E-state index contributed by atoms with van der Waals surface area (Å²) in [5.74, 6) is -1.26. The fourth-order valence-electron chi connectivity index (χ4n) is 3.62. The molecule has 7 nitrogen and oxygen atoms in total. The molecule has 0 amide bonds. The molecule has 0 aromatic carbocycles. The van der Waals surface area contributed by atoms with Gasteiger partial charge in [-0.1, -0.05) is 59.8 Å². The van der Waals surface area contributed by atoms with Crippen molar-refractivity contribution in [2.75, 3.05) is 27.7 Å². The maximum atomic E-state index is 12.5. The minimum atomic E-state index is -4.72. The van der Waals surface area contributed by atoms with Crippen LogP contribution < -0.4 is 5.32 Å². The van der Waals surface area contributed by atoms with Gasteiger partial charge in [-0.15, -0.1) is 0 Å². The number of unbranched alkanes of at least 4 members (excludes halogenated alkanes) is 5. The summed E-state index contributed by atoms with van der Waals surface area (Å²) < 4.78 is 35.0. The zero-order valence-corrected chi connectivity index (χ0v) is 18.3. The SMILES string of the molecule is CCCCCCCCNC(C(C(=O)O)[N+](C)(C)C)(C(C)(C)C)S(=O)(=O)O. The van der Waals surface area contributed by atoms with Gasteiger partial charge in [0.05, 0.1) is 21.1 Å². The summed E-state index contributed by atoms with van der Waals surface area (Å²) >= 11 is 0. The first-order valence-corrected chi connectivity index (χ1v) is 10.8. The first-order chi connectivity index (χ1) is 11.6. The van der Waals surface area contributed by atoms with Crippen molar-refractivity contribution in [1.82, 2.24) is 5.32 Å². The number of aliphatic carboxylic acids is 1. The lowest BCUT2D eigenvalue weighted by Gasteiger charge is -2.49. The van der Waals surface area contributed by atoms with E-state index in [2.05, 4.69) is 12.2 Å². The normalized spacial score (nSPS) is 16.9. The topological polar surface area (TPSA) is 104 Å². The van der Waals surface area contributed by atoms with Crippen LogP contribution in [-0.2, 0) is 14.9 Å². The van der Waals surface area contributed by atoms with Crippen molar-refractivity contribution in [1.29, 1.82) is 0 Å². The van der Waals surface area contributed by atoms with E-state index in [0.29, 0.717) is 6.54 Å². The molecule has 0 aliphatic heterocycles. The van der Waals surface area contributed by atoms with E-state index in [9.17, 15) is 22.9 Å². The van der Waals surface area contributed by atoms with Crippen molar-refractivity contribution in [2.24, 2.45) is 5.41 Å². The second-order valence-electron chi connectivity index (χ2n) is 9.01. The summed E-state index contributed by atoms with van der Waals surface area (Å²) in [4.78, 5) is 10.1. The van der Waals surface area contributed by atoms with Crippen LogP contribution in [0.15, 0.2) is 0 Å². The predicted octanol–water partition coefficient (Wildman–Crippen LogP) is 2.73. The molecular weight excluding hydrogens is 356 g/mol. The molecule has 0 fully saturated rings. The van der Waals surface area contributed by atoms with Crippen molar-refractivity contribution < 1.29 is 27.4 Å². The highest BCUT2D eigenvalue weighted by molar-refractivity contribution is 7.87. The summed E-state index contributed by atoms with van der Waals surface area (Å²) in [7, 11) is 0.145. The molecule has 0 rings (SSSR count). The van der Waals surface area contributed by atoms with Crippen molar-refractivity contribution in [3.63, 3.8) is 0 Å². The van der Waals surface area contributed by atoms with Crippen LogP contribution in [-0.4, -0.2) is 67.1 Å². The van der Waals surface area contributed by atoms with E-state index in [1.54, 1.807) is 41.9 Å². The number of carboxylic acids is 1. The molecule has 8 heteroatoms. The summed E-state index contributed by atoms with van der Waals surface area (Å²) in [6.07, 6.45) is 6.17. The average Bonchev–Trinajstić information content (AvgIpc) is 2.40. The van der Waals surface area contributed by atoms with Crippen LogP contribution in [0.25, 0.3) is 0 Å². The molecule has 0 aliphatic carbocycles. The quantitative estimate of drug-likeness (QED) is 0.267. The Labute approximate surface area is 159 Å². The van der Waals surface area contributed by atoms with Gasteiger partial charge in [0.15, 0.2) is 0 Å². The Balaban J connectivity index is 5.72. The molecule has 156 valence electrons.